The van der Waals surface area contributed by atoms with Gasteiger partial charge in [-0.05, 0) is 68.8 Å². The normalized spacial score (nSPS) is 13.9. The van der Waals surface area contributed by atoms with Gasteiger partial charge in [-0.1, -0.05) is 202 Å². The maximum absolute atomic E-state index is 6.51. The number of benzene rings is 8. The molecule has 2 heterocycles. The van der Waals surface area contributed by atoms with Gasteiger partial charge in [0.25, 0.3) is 0 Å². The Labute approximate surface area is 356 Å². The molecule has 0 bridgehead atoms. The molecule has 0 amide bonds. The molecule has 292 valence electrons. The number of nitrogens with zero attached hydrogens (tertiary/aromatic N) is 4. The summed E-state index contributed by atoms with van der Waals surface area (Å²) in [6.07, 6.45) is 1.25. The van der Waals surface area contributed by atoms with Crippen LogP contribution in [-0.2, 0) is 5.41 Å². The van der Waals surface area contributed by atoms with E-state index < -0.39 is 5.41 Å². The molecule has 0 fully saturated rings. The van der Waals surface area contributed by atoms with Crippen LogP contribution in [0.3, 0.4) is 0 Å². The Bertz CT molecular complexity index is 3110. The molecule has 61 heavy (non-hydrogen) atoms. The molecular formula is C56H42N4O. The van der Waals surface area contributed by atoms with E-state index >= 15 is 0 Å². The summed E-state index contributed by atoms with van der Waals surface area (Å²) >= 11 is 0. The van der Waals surface area contributed by atoms with Gasteiger partial charge in [0, 0.05) is 22.3 Å². The Morgan fingerprint density at radius 3 is 1.56 bits per heavy atom. The van der Waals surface area contributed by atoms with Crippen molar-refractivity contribution >= 4 is 11.1 Å². The van der Waals surface area contributed by atoms with Crippen molar-refractivity contribution in [2.45, 2.75) is 25.7 Å². The molecule has 0 N–H and O–H groups in total. The summed E-state index contributed by atoms with van der Waals surface area (Å²) in [5.41, 5.74) is 13.7. The minimum atomic E-state index is -0.678. The molecule has 10 aromatic rings. The van der Waals surface area contributed by atoms with E-state index in [9.17, 15) is 0 Å². The Kier molecular flexibility index (Phi) is 9.91. The first-order chi connectivity index (χ1) is 30.1. The third-order valence-corrected chi connectivity index (χ3v) is 11.3. The zero-order valence-corrected chi connectivity index (χ0v) is 34.0. The second kappa shape index (κ2) is 16.1. The van der Waals surface area contributed by atoms with Crippen LogP contribution in [0.2, 0.25) is 0 Å². The molecule has 0 spiro atoms. The van der Waals surface area contributed by atoms with E-state index in [4.69, 9.17) is 24.4 Å². The van der Waals surface area contributed by atoms with Crippen LogP contribution >= 0.6 is 0 Å². The smallest absolute Gasteiger partial charge is 0.227 e. The third-order valence-electron chi connectivity index (χ3n) is 11.3. The van der Waals surface area contributed by atoms with Gasteiger partial charge in [0.15, 0.2) is 23.1 Å². The Morgan fingerprint density at radius 1 is 0.393 bits per heavy atom. The van der Waals surface area contributed by atoms with Crippen molar-refractivity contribution in [3.8, 4) is 67.9 Å². The standard InChI is InChI=1S/C53H34N4O.C3H8/c1-5-16-35(17-6-1)36-28-30-38(31-29-36)50-55-49(37-18-7-2-8-19-37)56-51(57-50)43-25-15-27-45-48(43)42-24-13-14-26-44(42)53(45,40-22-11-4-12-23-40)41-32-33-46-47(34-41)58-52(54-46)39-20-9-3-10-21-39;1-3-2/h1-34H;3H2,1-2H3. The maximum Gasteiger partial charge on any atom is 0.227 e. The van der Waals surface area contributed by atoms with E-state index in [2.05, 4.69) is 166 Å². The van der Waals surface area contributed by atoms with Gasteiger partial charge in [0.1, 0.15) is 5.52 Å². The highest BCUT2D eigenvalue weighted by atomic mass is 16.3. The number of oxazole rings is 1. The van der Waals surface area contributed by atoms with Crippen molar-refractivity contribution in [1.82, 2.24) is 19.9 Å². The predicted molar refractivity (Wildman–Crippen MR) is 248 cm³/mol. The van der Waals surface area contributed by atoms with Gasteiger partial charge in [0.05, 0.1) is 5.41 Å². The zero-order valence-electron chi connectivity index (χ0n) is 34.0. The fourth-order valence-corrected chi connectivity index (χ4v) is 8.64. The van der Waals surface area contributed by atoms with Crippen LogP contribution in [0.15, 0.2) is 211 Å². The van der Waals surface area contributed by atoms with Gasteiger partial charge in [-0.15, -0.1) is 0 Å². The Morgan fingerprint density at radius 2 is 0.885 bits per heavy atom. The largest absolute Gasteiger partial charge is 0.436 e. The molecule has 1 atom stereocenters. The van der Waals surface area contributed by atoms with Crippen molar-refractivity contribution < 1.29 is 4.42 Å². The number of aromatic nitrogens is 4. The van der Waals surface area contributed by atoms with Crippen molar-refractivity contribution in [2.24, 2.45) is 0 Å². The molecule has 1 aliphatic rings. The lowest BCUT2D eigenvalue weighted by Crippen LogP contribution is -2.28. The number of hydrogen-bond donors (Lipinski definition) is 0. The van der Waals surface area contributed by atoms with Crippen LogP contribution in [0.1, 0.15) is 42.5 Å². The highest BCUT2D eigenvalue weighted by molar-refractivity contribution is 5.95. The molecule has 11 rings (SSSR count). The van der Waals surface area contributed by atoms with E-state index in [1.54, 1.807) is 0 Å². The molecule has 1 aliphatic carbocycles. The molecule has 1 unspecified atom stereocenters. The lowest BCUT2D eigenvalue weighted by atomic mass is 9.67. The number of hydrogen-bond acceptors (Lipinski definition) is 5. The molecule has 8 aromatic carbocycles. The minimum absolute atomic E-state index is 0.602. The zero-order chi connectivity index (χ0) is 41.2. The molecule has 0 saturated carbocycles. The van der Waals surface area contributed by atoms with Gasteiger partial charge in [-0.2, -0.15) is 0 Å². The number of rotatable bonds is 7. The van der Waals surface area contributed by atoms with E-state index in [0.717, 1.165) is 72.3 Å². The monoisotopic (exact) mass is 786 g/mol. The second-order valence-electron chi connectivity index (χ2n) is 15.3. The van der Waals surface area contributed by atoms with E-state index in [1.165, 1.54) is 12.0 Å². The predicted octanol–water partition coefficient (Wildman–Crippen LogP) is 14.1. The fourth-order valence-electron chi connectivity index (χ4n) is 8.64. The molecular weight excluding hydrogens is 745 g/mol. The Hall–Kier alpha value is -7.76. The lowest BCUT2D eigenvalue weighted by molar-refractivity contribution is 0.618. The van der Waals surface area contributed by atoms with Crippen molar-refractivity contribution in [1.29, 1.82) is 0 Å². The first-order valence-corrected chi connectivity index (χ1v) is 20.9. The average molecular weight is 787 g/mol. The van der Waals surface area contributed by atoms with Crippen LogP contribution in [-0.4, -0.2) is 19.9 Å². The summed E-state index contributed by atoms with van der Waals surface area (Å²) in [4.78, 5) is 20.5. The summed E-state index contributed by atoms with van der Waals surface area (Å²) in [7, 11) is 0. The highest BCUT2D eigenvalue weighted by Gasteiger charge is 2.47. The molecule has 5 nitrogen and oxygen atoms in total. The summed E-state index contributed by atoms with van der Waals surface area (Å²) < 4.78 is 6.51. The first kappa shape index (κ1) is 37.5. The summed E-state index contributed by atoms with van der Waals surface area (Å²) in [5.74, 6) is 2.46. The molecule has 0 saturated heterocycles. The van der Waals surface area contributed by atoms with E-state index in [-0.39, 0.29) is 0 Å². The second-order valence-corrected chi connectivity index (χ2v) is 15.3. The highest BCUT2D eigenvalue weighted by Crippen LogP contribution is 2.58. The van der Waals surface area contributed by atoms with Gasteiger partial charge in [0.2, 0.25) is 5.89 Å². The Balaban J connectivity index is 0.00000144. The van der Waals surface area contributed by atoms with Gasteiger partial charge in [-0.25, -0.2) is 19.9 Å². The molecule has 0 aliphatic heterocycles. The maximum atomic E-state index is 6.51. The molecule has 2 aromatic heterocycles. The van der Waals surface area contributed by atoms with Crippen molar-refractivity contribution in [3.63, 3.8) is 0 Å². The first-order valence-electron chi connectivity index (χ1n) is 20.9. The van der Waals surface area contributed by atoms with E-state index in [1.807, 2.05) is 54.6 Å². The average Bonchev–Trinajstić information content (AvgIpc) is 3.91. The summed E-state index contributed by atoms with van der Waals surface area (Å²) in [6, 6.07) is 71.6. The van der Waals surface area contributed by atoms with Gasteiger partial charge < -0.3 is 4.42 Å². The van der Waals surface area contributed by atoms with Gasteiger partial charge >= 0.3 is 0 Å². The van der Waals surface area contributed by atoms with Crippen LogP contribution in [0.4, 0.5) is 0 Å². The van der Waals surface area contributed by atoms with Crippen molar-refractivity contribution in [2.75, 3.05) is 0 Å². The topological polar surface area (TPSA) is 64.7 Å². The molecule has 0 radical (unpaired) electrons. The van der Waals surface area contributed by atoms with Crippen LogP contribution in [0.5, 0.6) is 0 Å². The fraction of sp³-hybridized carbons (Fsp3) is 0.0714. The quantitative estimate of drug-likeness (QED) is 0.161. The minimum Gasteiger partial charge on any atom is -0.436 e. The molecule has 5 heteroatoms. The van der Waals surface area contributed by atoms with Crippen LogP contribution in [0, 0.1) is 0 Å². The van der Waals surface area contributed by atoms with Crippen molar-refractivity contribution in [3.05, 3.63) is 229 Å². The number of fused-ring (bicyclic) bond motifs is 4. The van der Waals surface area contributed by atoms with Crippen LogP contribution < -0.4 is 0 Å². The SMILES string of the molecule is CCC.c1ccc(-c2ccc(-c3nc(-c4ccccc4)nc(-c4cccc5c4-c4ccccc4C5(c4ccccc4)c4ccc5nc(-c6ccccc6)oc5c4)n3)cc2)cc1. The lowest BCUT2D eigenvalue weighted by Gasteiger charge is -2.33. The van der Waals surface area contributed by atoms with Crippen LogP contribution in [0.25, 0.3) is 79.0 Å². The van der Waals surface area contributed by atoms with Gasteiger partial charge in [-0.3, -0.25) is 0 Å². The summed E-state index contributed by atoms with van der Waals surface area (Å²) in [5, 5.41) is 0. The van der Waals surface area contributed by atoms with E-state index in [0.29, 0.717) is 23.4 Å². The summed E-state index contributed by atoms with van der Waals surface area (Å²) in [6.45, 7) is 4.25. The third kappa shape index (κ3) is 6.70.